The second kappa shape index (κ2) is 10.8. The highest BCUT2D eigenvalue weighted by Gasteiger charge is 2.36. The monoisotopic (exact) mass is 506 g/mol. The van der Waals surface area contributed by atoms with Crippen LogP contribution in [0, 0.1) is 26.7 Å². The maximum absolute atomic E-state index is 12.6. The zero-order valence-electron chi connectivity index (χ0n) is 20.3. The minimum absolute atomic E-state index is 0.0226. The SMILES string of the molecule is Cc1ccc(Oc2ccc(N3C[C@@H](C(=O)OCC(=O)Nc4cccc(Cl)c4C)CC3=O)cc2)cc1C. The van der Waals surface area contributed by atoms with Crippen molar-refractivity contribution in [3.63, 3.8) is 0 Å². The van der Waals surface area contributed by atoms with E-state index in [4.69, 9.17) is 21.1 Å². The third-order valence-corrected chi connectivity index (χ3v) is 6.62. The van der Waals surface area contributed by atoms with E-state index in [1.54, 1.807) is 54.3 Å². The number of halogens is 1. The molecular formula is C28H27ClN2O5. The number of esters is 1. The molecule has 8 heteroatoms. The van der Waals surface area contributed by atoms with Crippen LogP contribution >= 0.6 is 11.6 Å². The molecule has 1 saturated heterocycles. The van der Waals surface area contributed by atoms with E-state index in [-0.39, 0.29) is 18.9 Å². The second-order valence-electron chi connectivity index (χ2n) is 8.82. The summed E-state index contributed by atoms with van der Waals surface area (Å²) < 4.78 is 11.1. The summed E-state index contributed by atoms with van der Waals surface area (Å²) >= 11 is 6.06. The largest absolute Gasteiger partial charge is 0.457 e. The summed E-state index contributed by atoms with van der Waals surface area (Å²) in [5.74, 6) is -0.512. The number of nitrogens with zero attached hydrogens (tertiary/aromatic N) is 1. The van der Waals surface area contributed by atoms with Crippen LogP contribution in [0.2, 0.25) is 5.02 Å². The molecule has 0 spiro atoms. The van der Waals surface area contributed by atoms with E-state index < -0.39 is 24.4 Å². The molecule has 0 aliphatic carbocycles. The molecule has 2 amide bonds. The zero-order chi connectivity index (χ0) is 25.8. The number of aryl methyl sites for hydroxylation is 2. The quantitative estimate of drug-likeness (QED) is 0.422. The number of benzene rings is 3. The van der Waals surface area contributed by atoms with E-state index in [0.717, 1.165) is 16.9 Å². The molecule has 7 nitrogen and oxygen atoms in total. The van der Waals surface area contributed by atoms with Crippen molar-refractivity contribution in [2.45, 2.75) is 27.2 Å². The Hall–Kier alpha value is -3.84. The van der Waals surface area contributed by atoms with Crippen LogP contribution in [0.5, 0.6) is 11.5 Å². The Bertz CT molecular complexity index is 1310. The first-order valence-electron chi connectivity index (χ1n) is 11.6. The predicted molar refractivity (Wildman–Crippen MR) is 139 cm³/mol. The van der Waals surface area contributed by atoms with Crippen molar-refractivity contribution in [3.05, 3.63) is 82.4 Å². The van der Waals surface area contributed by atoms with Gasteiger partial charge in [-0.3, -0.25) is 14.4 Å². The lowest BCUT2D eigenvalue weighted by molar-refractivity contribution is -0.151. The summed E-state index contributed by atoms with van der Waals surface area (Å²) in [7, 11) is 0. The molecule has 1 aliphatic heterocycles. The van der Waals surface area contributed by atoms with Gasteiger partial charge in [-0.05, 0) is 86.0 Å². The molecule has 1 fully saturated rings. The molecule has 0 aromatic heterocycles. The van der Waals surface area contributed by atoms with Gasteiger partial charge in [0.25, 0.3) is 5.91 Å². The number of hydrogen-bond donors (Lipinski definition) is 1. The fraction of sp³-hybridized carbons (Fsp3) is 0.250. The van der Waals surface area contributed by atoms with Gasteiger partial charge in [-0.2, -0.15) is 0 Å². The van der Waals surface area contributed by atoms with Gasteiger partial charge in [-0.25, -0.2) is 0 Å². The van der Waals surface area contributed by atoms with Gasteiger partial charge in [0.05, 0.1) is 5.92 Å². The van der Waals surface area contributed by atoms with Crippen molar-refractivity contribution in [1.29, 1.82) is 0 Å². The molecule has 0 bridgehead atoms. The summed E-state index contributed by atoms with van der Waals surface area (Å²) in [6, 6.07) is 18.2. The number of hydrogen-bond acceptors (Lipinski definition) is 5. The molecule has 36 heavy (non-hydrogen) atoms. The first kappa shape index (κ1) is 25.3. The maximum atomic E-state index is 12.6. The van der Waals surface area contributed by atoms with E-state index in [9.17, 15) is 14.4 Å². The lowest BCUT2D eigenvalue weighted by atomic mass is 10.1. The van der Waals surface area contributed by atoms with Crippen molar-refractivity contribution in [1.82, 2.24) is 0 Å². The Balaban J connectivity index is 1.30. The van der Waals surface area contributed by atoms with E-state index in [0.29, 0.717) is 22.1 Å². The van der Waals surface area contributed by atoms with Crippen molar-refractivity contribution in [2.75, 3.05) is 23.4 Å². The summed E-state index contributed by atoms with van der Waals surface area (Å²) in [5.41, 5.74) is 4.27. The Morgan fingerprint density at radius 3 is 2.44 bits per heavy atom. The van der Waals surface area contributed by atoms with E-state index in [1.165, 1.54) is 5.56 Å². The van der Waals surface area contributed by atoms with E-state index in [2.05, 4.69) is 5.32 Å². The van der Waals surface area contributed by atoms with Crippen LogP contribution in [0.1, 0.15) is 23.1 Å². The van der Waals surface area contributed by atoms with Crippen LogP contribution in [0.25, 0.3) is 0 Å². The van der Waals surface area contributed by atoms with Crippen LogP contribution in [-0.4, -0.2) is 30.9 Å². The van der Waals surface area contributed by atoms with Gasteiger partial charge in [0.15, 0.2) is 6.61 Å². The van der Waals surface area contributed by atoms with Gasteiger partial charge in [0.2, 0.25) is 5.91 Å². The third kappa shape index (κ3) is 5.86. The average Bonchev–Trinajstić information content (AvgIpc) is 3.25. The number of amides is 2. The summed E-state index contributed by atoms with van der Waals surface area (Å²) in [6.07, 6.45) is 0.0226. The van der Waals surface area contributed by atoms with E-state index in [1.807, 2.05) is 32.0 Å². The fourth-order valence-corrected chi connectivity index (χ4v) is 4.08. The average molecular weight is 507 g/mol. The van der Waals surface area contributed by atoms with Crippen molar-refractivity contribution < 1.29 is 23.9 Å². The molecule has 1 heterocycles. The first-order chi connectivity index (χ1) is 17.2. The molecule has 4 rings (SSSR count). The van der Waals surface area contributed by atoms with Gasteiger partial charge in [0, 0.05) is 29.4 Å². The molecule has 1 N–H and O–H groups in total. The highest BCUT2D eigenvalue weighted by Crippen LogP contribution is 2.30. The van der Waals surface area contributed by atoms with Crippen molar-refractivity contribution in [3.8, 4) is 11.5 Å². The molecule has 1 aliphatic rings. The van der Waals surface area contributed by atoms with Crippen molar-refractivity contribution in [2.24, 2.45) is 5.92 Å². The number of carbonyl (C=O) groups excluding carboxylic acids is 3. The summed E-state index contributed by atoms with van der Waals surface area (Å²) in [6.45, 7) is 5.59. The molecule has 0 radical (unpaired) electrons. The van der Waals surface area contributed by atoms with Crippen LogP contribution < -0.4 is 15.0 Å². The second-order valence-corrected chi connectivity index (χ2v) is 9.22. The van der Waals surface area contributed by atoms with Crippen LogP contribution in [0.15, 0.2) is 60.7 Å². The van der Waals surface area contributed by atoms with E-state index >= 15 is 0 Å². The predicted octanol–water partition coefficient (Wildman–Crippen LogP) is 5.59. The third-order valence-electron chi connectivity index (χ3n) is 6.21. The van der Waals surface area contributed by atoms with Gasteiger partial charge in [-0.15, -0.1) is 0 Å². The molecule has 1 atom stereocenters. The lowest BCUT2D eigenvalue weighted by Gasteiger charge is -2.17. The number of rotatable bonds is 7. The van der Waals surface area contributed by atoms with Gasteiger partial charge in [0.1, 0.15) is 11.5 Å². The number of anilines is 2. The minimum Gasteiger partial charge on any atom is -0.457 e. The van der Waals surface area contributed by atoms with Crippen LogP contribution in [0.3, 0.4) is 0 Å². The number of nitrogens with one attached hydrogen (secondary N) is 1. The summed E-state index contributed by atoms with van der Waals surface area (Å²) in [5, 5.41) is 3.21. The fourth-order valence-electron chi connectivity index (χ4n) is 3.91. The lowest BCUT2D eigenvalue weighted by Crippen LogP contribution is -2.28. The van der Waals surface area contributed by atoms with Crippen LogP contribution in [0.4, 0.5) is 11.4 Å². The highest BCUT2D eigenvalue weighted by molar-refractivity contribution is 6.31. The molecule has 186 valence electrons. The Morgan fingerprint density at radius 2 is 1.72 bits per heavy atom. The molecule has 0 saturated carbocycles. The molecule has 3 aromatic rings. The zero-order valence-corrected chi connectivity index (χ0v) is 21.1. The smallest absolute Gasteiger partial charge is 0.311 e. The first-order valence-corrected chi connectivity index (χ1v) is 12.0. The standard InChI is InChI=1S/C28H27ClN2O5/c1-17-7-10-23(13-18(17)2)36-22-11-8-21(9-12-22)31-15-20(14-27(31)33)28(34)35-16-26(32)30-25-6-4-5-24(29)19(25)3/h4-13,20H,14-16H2,1-3H3,(H,30,32)/t20-/m0/s1. The normalized spacial score (nSPS) is 15.1. The minimum atomic E-state index is -0.648. The Labute approximate surface area is 215 Å². The Morgan fingerprint density at radius 1 is 1.00 bits per heavy atom. The summed E-state index contributed by atoms with van der Waals surface area (Å²) in [4.78, 5) is 38.9. The van der Waals surface area contributed by atoms with Gasteiger partial charge in [-0.1, -0.05) is 23.7 Å². The topological polar surface area (TPSA) is 84.9 Å². The van der Waals surface area contributed by atoms with Gasteiger partial charge >= 0.3 is 5.97 Å². The van der Waals surface area contributed by atoms with Crippen LogP contribution in [-0.2, 0) is 19.1 Å². The number of carbonyl (C=O) groups is 3. The molecule has 0 unspecified atom stereocenters. The molecule has 3 aromatic carbocycles. The highest BCUT2D eigenvalue weighted by atomic mass is 35.5. The van der Waals surface area contributed by atoms with Gasteiger partial charge < -0.3 is 19.7 Å². The van der Waals surface area contributed by atoms with Crippen molar-refractivity contribution >= 4 is 40.8 Å². The maximum Gasteiger partial charge on any atom is 0.311 e. The Kier molecular flexibility index (Phi) is 7.60. The number of ether oxygens (including phenoxy) is 2. The molecular weight excluding hydrogens is 480 g/mol.